The van der Waals surface area contributed by atoms with Crippen LogP contribution in [0.15, 0.2) is 0 Å². The van der Waals surface area contributed by atoms with Gasteiger partial charge in [0.05, 0.1) is 13.2 Å². The maximum Gasteiger partial charge on any atom is 0.300 e. The Morgan fingerprint density at radius 1 is 1.16 bits per heavy atom. The van der Waals surface area contributed by atoms with Gasteiger partial charge in [-0.1, -0.05) is 0 Å². The topological polar surface area (TPSA) is 126 Å². The first-order valence-electron chi connectivity index (χ1n) is 5.56. The minimum Gasteiger partial charge on any atom is -0.481 e. The molecule has 8 heteroatoms. The highest BCUT2D eigenvalue weighted by molar-refractivity contribution is 5.62. The highest BCUT2D eigenvalue weighted by atomic mass is 16.5. The number of hydrogen-bond acceptors (Lipinski definition) is 7. The van der Waals surface area contributed by atoms with Gasteiger partial charge in [0.25, 0.3) is 5.97 Å². The number of ether oxygens (including phenoxy) is 3. The summed E-state index contributed by atoms with van der Waals surface area (Å²) >= 11 is 0. The van der Waals surface area contributed by atoms with Gasteiger partial charge in [-0.3, -0.25) is 4.79 Å². The van der Waals surface area contributed by atoms with Crippen LogP contribution in [0.25, 0.3) is 0 Å². The number of aliphatic carboxylic acids is 1. The van der Waals surface area contributed by atoms with E-state index in [2.05, 4.69) is 0 Å². The number of methoxy groups -OCH3 is 3. The van der Waals surface area contributed by atoms with Crippen molar-refractivity contribution < 1.29 is 39.4 Å². The van der Waals surface area contributed by atoms with Crippen molar-refractivity contribution in [1.82, 2.24) is 0 Å². The molecule has 0 bridgehead atoms. The first-order valence-corrected chi connectivity index (χ1v) is 5.56. The van der Waals surface area contributed by atoms with Crippen LogP contribution < -0.4 is 0 Å². The van der Waals surface area contributed by atoms with E-state index < -0.39 is 30.4 Å². The van der Waals surface area contributed by atoms with Crippen molar-refractivity contribution in [3.05, 3.63) is 0 Å². The second-order valence-corrected chi connectivity index (χ2v) is 3.69. The molecule has 0 radical (unpaired) electrons. The van der Waals surface area contributed by atoms with Gasteiger partial charge >= 0.3 is 0 Å². The summed E-state index contributed by atoms with van der Waals surface area (Å²) < 4.78 is 14.6. The fraction of sp³-hybridized carbons (Fsp3) is 0.909. The van der Waals surface area contributed by atoms with Gasteiger partial charge < -0.3 is 34.6 Å². The number of carboxylic acids is 1. The van der Waals surface area contributed by atoms with E-state index >= 15 is 0 Å². The van der Waals surface area contributed by atoms with Crippen molar-refractivity contribution in [3.63, 3.8) is 0 Å². The third kappa shape index (κ3) is 9.77. The maximum atomic E-state index is 9.70. The molecule has 0 aromatic rings. The quantitative estimate of drug-likeness (QED) is 0.423. The van der Waals surface area contributed by atoms with Crippen LogP contribution in [0.3, 0.4) is 0 Å². The Hall–Kier alpha value is -0.770. The average Bonchev–Trinajstić information content (AvgIpc) is 2.34. The van der Waals surface area contributed by atoms with Crippen LogP contribution in [0.2, 0.25) is 0 Å². The molecule has 4 atom stereocenters. The van der Waals surface area contributed by atoms with E-state index in [1.54, 1.807) is 0 Å². The smallest absolute Gasteiger partial charge is 0.300 e. The van der Waals surface area contributed by atoms with Crippen molar-refractivity contribution in [2.45, 2.75) is 31.3 Å². The minimum absolute atomic E-state index is 0.0110. The SMILES string of the molecule is CC(=O)O.COC[C@@H](O)[C@@H](O)[C@H](OC)[C@H](CO)OC. The summed E-state index contributed by atoms with van der Waals surface area (Å²) in [6, 6.07) is 0. The second kappa shape index (κ2) is 12.3. The summed E-state index contributed by atoms with van der Waals surface area (Å²) in [5.41, 5.74) is 0. The Labute approximate surface area is 112 Å². The summed E-state index contributed by atoms with van der Waals surface area (Å²) in [4.78, 5) is 9.00. The lowest BCUT2D eigenvalue weighted by Crippen LogP contribution is -2.49. The first-order chi connectivity index (χ1) is 8.85. The van der Waals surface area contributed by atoms with Gasteiger partial charge in [-0.05, 0) is 0 Å². The number of hydrogen-bond donors (Lipinski definition) is 4. The van der Waals surface area contributed by atoms with E-state index in [-0.39, 0.29) is 13.2 Å². The van der Waals surface area contributed by atoms with E-state index in [9.17, 15) is 10.2 Å². The molecule has 0 saturated carbocycles. The van der Waals surface area contributed by atoms with Crippen molar-refractivity contribution in [2.24, 2.45) is 0 Å². The van der Waals surface area contributed by atoms with Gasteiger partial charge in [0, 0.05) is 28.3 Å². The lowest BCUT2D eigenvalue weighted by Gasteiger charge is -2.30. The summed E-state index contributed by atoms with van der Waals surface area (Å²) in [6.07, 6.45) is -3.74. The van der Waals surface area contributed by atoms with Crippen LogP contribution in [0.5, 0.6) is 0 Å². The molecule has 0 aromatic carbocycles. The molecule has 0 heterocycles. The Balaban J connectivity index is 0. The molecule has 0 aliphatic heterocycles. The molecule has 0 aromatic heterocycles. The monoisotopic (exact) mass is 284 g/mol. The fourth-order valence-corrected chi connectivity index (χ4v) is 1.31. The van der Waals surface area contributed by atoms with Crippen LogP contribution in [-0.4, -0.2) is 85.4 Å². The Morgan fingerprint density at radius 3 is 1.89 bits per heavy atom. The molecular weight excluding hydrogens is 260 g/mol. The minimum atomic E-state index is -1.17. The molecule has 116 valence electrons. The predicted molar refractivity (Wildman–Crippen MR) is 65.9 cm³/mol. The second-order valence-electron chi connectivity index (χ2n) is 3.69. The van der Waals surface area contributed by atoms with E-state index in [4.69, 9.17) is 29.2 Å². The third-order valence-electron chi connectivity index (χ3n) is 2.19. The molecule has 0 fully saturated rings. The van der Waals surface area contributed by atoms with Crippen LogP contribution in [-0.2, 0) is 19.0 Å². The van der Waals surface area contributed by atoms with Crippen LogP contribution in [0.4, 0.5) is 0 Å². The molecular formula is C11H24O8. The lowest BCUT2D eigenvalue weighted by molar-refractivity contribution is -0.147. The van der Waals surface area contributed by atoms with E-state index in [1.807, 2.05) is 0 Å². The highest BCUT2D eigenvalue weighted by Crippen LogP contribution is 2.11. The van der Waals surface area contributed by atoms with Crippen LogP contribution in [0, 0.1) is 0 Å². The molecule has 0 rings (SSSR count). The predicted octanol–water partition coefficient (Wildman–Crippen LogP) is -1.53. The summed E-state index contributed by atoms with van der Waals surface area (Å²) in [5.74, 6) is -0.833. The summed E-state index contributed by atoms with van der Waals surface area (Å²) in [6.45, 7) is 0.772. The van der Waals surface area contributed by atoms with Gasteiger partial charge in [-0.2, -0.15) is 0 Å². The number of carboxylic acid groups (broad SMARTS) is 1. The molecule has 0 unspecified atom stereocenters. The average molecular weight is 284 g/mol. The molecule has 0 amide bonds. The molecule has 0 spiro atoms. The zero-order valence-electron chi connectivity index (χ0n) is 11.6. The van der Waals surface area contributed by atoms with Gasteiger partial charge in [-0.25, -0.2) is 0 Å². The molecule has 4 N–H and O–H groups in total. The zero-order valence-corrected chi connectivity index (χ0v) is 11.6. The molecule has 8 nitrogen and oxygen atoms in total. The lowest BCUT2D eigenvalue weighted by atomic mass is 10.0. The zero-order chi connectivity index (χ0) is 15.4. The van der Waals surface area contributed by atoms with Gasteiger partial charge in [-0.15, -0.1) is 0 Å². The Kier molecular flexibility index (Phi) is 13.3. The highest BCUT2D eigenvalue weighted by Gasteiger charge is 2.32. The number of aliphatic hydroxyl groups excluding tert-OH is 3. The van der Waals surface area contributed by atoms with E-state index in [1.165, 1.54) is 21.3 Å². The van der Waals surface area contributed by atoms with Gasteiger partial charge in [0.15, 0.2) is 0 Å². The van der Waals surface area contributed by atoms with Gasteiger partial charge in [0.2, 0.25) is 0 Å². The van der Waals surface area contributed by atoms with Crippen molar-refractivity contribution in [1.29, 1.82) is 0 Å². The molecule has 0 aliphatic carbocycles. The summed E-state index contributed by atoms with van der Waals surface area (Å²) in [7, 11) is 4.18. The van der Waals surface area contributed by atoms with E-state index in [0.29, 0.717) is 0 Å². The Morgan fingerprint density at radius 2 is 1.63 bits per heavy atom. The largest absolute Gasteiger partial charge is 0.481 e. The van der Waals surface area contributed by atoms with E-state index in [0.717, 1.165) is 6.92 Å². The van der Waals surface area contributed by atoms with Crippen molar-refractivity contribution in [2.75, 3.05) is 34.5 Å². The van der Waals surface area contributed by atoms with Crippen LogP contribution >= 0.6 is 0 Å². The van der Waals surface area contributed by atoms with Gasteiger partial charge in [0.1, 0.15) is 24.4 Å². The molecule has 19 heavy (non-hydrogen) atoms. The number of aliphatic hydroxyl groups is 3. The van der Waals surface area contributed by atoms with Crippen molar-refractivity contribution in [3.8, 4) is 0 Å². The maximum absolute atomic E-state index is 9.70. The number of rotatable bonds is 8. The van der Waals surface area contributed by atoms with Crippen molar-refractivity contribution >= 4 is 5.97 Å². The summed E-state index contributed by atoms with van der Waals surface area (Å²) in [5, 5.41) is 35.5. The Bertz CT molecular complexity index is 215. The first kappa shape index (κ1) is 20.5. The molecule has 0 saturated heterocycles. The normalized spacial score (nSPS) is 16.8. The standard InChI is InChI=1S/C9H20O6.C2H4O2/c1-13-5-6(11)8(12)9(15-3)7(4-10)14-2;1-2(3)4/h6-12H,4-5H2,1-3H3;1H3,(H,3,4)/t6-,7+,8-,9-;/m1./s1. The van der Waals surface area contributed by atoms with Crippen LogP contribution in [0.1, 0.15) is 6.92 Å². The fourth-order valence-electron chi connectivity index (χ4n) is 1.31. The molecule has 0 aliphatic rings. The number of carbonyl (C=O) groups is 1. The third-order valence-corrected chi connectivity index (χ3v) is 2.19.